The molecular weight excluding hydrogens is 396 g/mol. The number of likely N-dealkylation sites (N-methyl/N-ethyl adjacent to an activating group) is 1. The molecule has 0 unspecified atom stereocenters. The highest BCUT2D eigenvalue weighted by atomic mass is 16.5. The molecule has 0 spiro atoms. The highest BCUT2D eigenvalue weighted by Gasteiger charge is 2.43. The van der Waals surface area contributed by atoms with Crippen molar-refractivity contribution in [3.8, 4) is 5.75 Å². The molecule has 1 aromatic heterocycles. The van der Waals surface area contributed by atoms with Crippen molar-refractivity contribution in [2.45, 2.75) is 19.9 Å². The lowest BCUT2D eigenvalue weighted by Gasteiger charge is -2.28. The quantitative estimate of drug-likeness (QED) is 0.570. The number of methoxy groups -OCH3 is 1. The number of ether oxygens (including phenoxy) is 1. The first-order valence-corrected chi connectivity index (χ1v) is 10.5. The molecule has 31 heavy (non-hydrogen) atoms. The number of hydrogen-bond acceptors (Lipinski definition) is 5. The highest BCUT2D eigenvalue weighted by molar-refractivity contribution is 6.14. The zero-order valence-electron chi connectivity index (χ0n) is 18.1. The van der Waals surface area contributed by atoms with Crippen LogP contribution in [0, 0.1) is 0 Å². The Bertz CT molecular complexity index is 956. The Morgan fingerprint density at radius 3 is 2.52 bits per heavy atom. The van der Waals surface area contributed by atoms with Gasteiger partial charge in [-0.15, -0.1) is 0 Å². The van der Waals surface area contributed by atoms with Crippen LogP contribution in [-0.2, 0) is 9.59 Å². The van der Waals surface area contributed by atoms with E-state index in [0.29, 0.717) is 18.1 Å². The van der Waals surface area contributed by atoms with E-state index in [1.165, 1.54) is 23.3 Å². The van der Waals surface area contributed by atoms with Gasteiger partial charge in [-0.1, -0.05) is 12.1 Å². The minimum atomic E-state index is -0.665. The molecular formula is C24H29N2O5+. The van der Waals surface area contributed by atoms with Gasteiger partial charge in [-0.2, -0.15) is 0 Å². The van der Waals surface area contributed by atoms with Crippen LogP contribution in [-0.4, -0.2) is 55.0 Å². The standard InChI is InChI=1S/C24H28N2O5/c1-4-25(5-2)14-15-26-22(17-8-10-18(30-3)11-9-17)21(23(28)24(26)29)20(27)13-12-19-7-6-16-31-19/h6-13,16,22,28H,4-5,14-15H2,1-3H3/p+1/b13-12+/t22-/m0/s1. The van der Waals surface area contributed by atoms with E-state index in [4.69, 9.17) is 9.15 Å². The van der Waals surface area contributed by atoms with Crippen LogP contribution in [0.25, 0.3) is 6.08 Å². The van der Waals surface area contributed by atoms with Crippen molar-refractivity contribution in [3.63, 3.8) is 0 Å². The van der Waals surface area contributed by atoms with E-state index in [-0.39, 0.29) is 5.57 Å². The van der Waals surface area contributed by atoms with Crippen LogP contribution in [0.3, 0.4) is 0 Å². The molecule has 0 fully saturated rings. The number of carbonyl (C=O) groups excluding carboxylic acids is 2. The fourth-order valence-electron chi connectivity index (χ4n) is 3.78. The summed E-state index contributed by atoms with van der Waals surface area (Å²) in [6.07, 6.45) is 4.37. The molecule has 164 valence electrons. The van der Waals surface area contributed by atoms with Crippen molar-refractivity contribution in [2.24, 2.45) is 0 Å². The monoisotopic (exact) mass is 425 g/mol. The van der Waals surface area contributed by atoms with E-state index in [0.717, 1.165) is 25.2 Å². The SMILES string of the molecule is CC[NH+](CC)CCN1C(=O)C(O)=C(C(=O)/C=C/c2ccco2)[C@@H]1c1ccc(OC)cc1. The summed E-state index contributed by atoms with van der Waals surface area (Å²) in [6, 6.07) is 9.97. The first-order chi connectivity index (χ1) is 15.0. The highest BCUT2D eigenvalue weighted by Crippen LogP contribution is 2.38. The van der Waals surface area contributed by atoms with Gasteiger partial charge in [0, 0.05) is 0 Å². The van der Waals surface area contributed by atoms with E-state index >= 15 is 0 Å². The van der Waals surface area contributed by atoms with Gasteiger partial charge in [-0.05, 0) is 55.8 Å². The number of hydrogen-bond donors (Lipinski definition) is 2. The Morgan fingerprint density at radius 2 is 1.94 bits per heavy atom. The van der Waals surface area contributed by atoms with Crippen LogP contribution in [0.15, 0.2) is 64.5 Å². The number of amides is 1. The smallest absolute Gasteiger partial charge is 0.290 e. The molecule has 1 aliphatic heterocycles. The zero-order valence-corrected chi connectivity index (χ0v) is 18.1. The fourth-order valence-corrected chi connectivity index (χ4v) is 3.78. The Balaban J connectivity index is 1.94. The van der Waals surface area contributed by atoms with Gasteiger partial charge in [0.2, 0.25) is 0 Å². The number of aliphatic hydroxyl groups is 1. The zero-order chi connectivity index (χ0) is 22.4. The maximum atomic E-state index is 13.0. The Labute approximate surface area is 182 Å². The van der Waals surface area contributed by atoms with Crippen molar-refractivity contribution in [2.75, 3.05) is 33.3 Å². The summed E-state index contributed by atoms with van der Waals surface area (Å²) in [5, 5.41) is 10.6. The van der Waals surface area contributed by atoms with Crippen LogP contribution >= 0.6 is 0 Å². The van der Waals surface area contributed by atoms with Gasteiger partial charge in [0.25, 0.3) is 5.91 Å². The summed E-state index contributed by atoms with van der Waals surface area (Å²) in [4.78, 5) is 28.9. The number of nitrogens with one attached hydrogen (secondary N) is 1. The Hall–Kier alpha value is -3.32. The molecule has 0 saturated carbocycles. The molecule has 2 heterocycles. The molecule has 2 N–H and O–H groups in total. The van der Waals surface area contributed by atoms with Crippen molar-refractivity contribution < 1.29 is 28.7 Å². The van der Waals surface area contributed by atoms with E-state index in [1.54, 1.807) is 36.3 Å². The van der Waals surface area contributed by atoms with Crippen LogP contribution in [0.5, 0.6) is 5.75 Å². The van der Waals surface area contributed by atoms with E-state index in [2.05, 4.69) is 13.8 Å². The number of furan rings is 1. The van der Waals surface area contributed by atoms with Crippen molar-refractivity contribution in [1.82, 2.24) is 4.90 Å². The van der Waals surface area contributed by atoms with Gasteiger partial charge in [0.1, 0.15) is 11.5 Å². The third kappa shape index (κ3) is 4.88. The number of rotatable bonds is 10. The minimum absolute atomic E-state index is 0.0764. The first-order valence-electron chi connectivity index (χ1n) is 10.5. The maximum Gasteiger partial charge on any atom is 0.290 e. The summed E-state index contributed by atoms with van der Waals surface area (Å²) >= 11 is 0. The molecule has 2 aromatic rings. The molecule has 7 nitrogen and oxygen atoms in total. The first kappa shape index (κ1) is 22.4. The van der Waals surface area contributed by atoms with E-state index < -0.39 is 23.5 Å². The predicted octanol–water partition coefficient (Wildman–Crippen LogP) is 2.19. The van der Waals surface area contributed by atoms with Crippen LogP contribution in [0.4, 0.5) is 0 Å². The number of ketones is 1. The number of allylic oxidation sites excluding steroid dienone is 1. The largest absolute Gasteiger partial charge is 0.503 e. The molecule has 1 aliphatic rings. The van der Waals surface area contributed by atoms with Gasteiger partial charge in [-0.3, -0.25) is 9.59 Å². The molecule has 7 heteroatoms. The van der Waals surface area contributed by atoms with Gasteiger partial charge in [-0.25, -0.2) is 0 Å². The average molecular weight is 426 g/mol. The molecule has 0 radical (unpaired) electrons. The molecule has 3 rings (SSSR count). The topological polar surface area (TPSA) is 84.4 Å². The summed E-state index contributed by atoms with van der Waals surface area (Å²) in [5.74, 6) is -0.265. The predicted molar refractivity (Wildman–Crippen MR) is 117 cm³/mol. The number of aliphatic hydroxyl groups excluding tert-OH is 1. The summed E-state index contributed by atoms with van der Waals surface area (Å²) in [7, 11) is 1.58. The molecule has 0 bridgehead atoms. The Morgan fingerprint density at radius 1 is 1.23 bits per heavy atom. The second kappa shape index (κ2) is 10.1. The molecule has 1 aromatic carbocycles. The number of nitrogens with zero attached hydrogens (tertiary/aromatic N) is 1. The minimum Gasteiger partial charge on any atom is -0.503 e. The third-order valence-electron chi connectivity index (χ3n) is 5.65. The van der Waals surface area contributed by atoms with Gasteiger partial charge < -0.3 is 24.1 Å². The average Bonchev–Trinajstić information content (AvgIpc) is 3.40. The van der Waals surface area contributed by atoms with E-state index in [9.17, 15) is 14.7 Å². The van der Waals surface area contributed by atoms with E-state index in [1.807, 2.05) is 12.1 Å². The third-order valence-corrected chi connectivity index (χ3v) is 5.65. The summed E-state index contributed by atoms with van der Waals surface area (Å²) in [6.45, 7) is 7.20. The van der Waals surface area contributed by atoms with Crippen LogP contribution < -0.4 is 9.64 Å². The molecule has 1 amide bonds. The maximum absolute atomic E-state index is 13.0. The van der Waals surface area contributed by atoms with Crippen molar-refractivity contribution >= 4 is 17.8 Å². The van der Waals surface area contributed by atoms with Crippen molar-refractivity contribution in [1.29, 1.82) is 0 Å². The van der Waals surface area contributed by atoms with Gasteiger partial charge in [0.15, 0.2) is 11.5 Å². The number of carbonyl (C=O) groups is 2. The van der Waals surface area contributed by atoms with Crippen LogP contribution in [0.2, 0.25) is 0 Å². The lowest BCUT2D eigenvalue weighted by atomic mass is 9.95. The lowest BCUT2D eigenvalue weighted by Crippen LogP contribution is -3.12. The second-order valence-electron chi connectivity index (χ2n) is 7.36. The molecule has 0 aliphatic carbocycles. The van der Waals surface area contributed by atoms with Crippen LogP contribution in [0.1, 0.15) is 31.2 Å². The Kier molecular flexibility index (Phi) is 7.31. The summed E-state index contributed by atoms with van der Waals surface area (Å²) < 4.78 is 10.5. The number of benzene rings is 1. The number of quaternary nitrogens is 1. The van der Waals surface area contributed by atoms with Gasteiger partial charge in [0.05, 0.1) is 51.2 Å². The van der Waals surface area contributed by atoms with Gasteiger partial charge >= 0.3 is 0 Å². The molecule has 1 atom stereocenters. The summed E-state index contributed by atoms with van der Waals surface area (Å²) in [5.41, 5.74) is 0.815. The molecule has 0 saturated heterocycles. The second-order valence-corrected chi connectivity index (χ2v) is 7.36. The normalized spacial score (nSPS) is 16.7. The fraction of sp³-hybridized carbons (Fsp3) is 0.333. The lowest BCUT2D eigenvalue weighted by molar-refractivity contribution is -0.895. The van der Waals surface area contributed by atoms with Crippen molar-refractivity contribution in [3.05, 3.63) is 71.4 Å².